The number of hydrogen-bond acceptors (Lipinski definition) is 4. The first-order valence-electron chi connectivity index (χ1n) is 6.82. The molecular formula is C16H12F2N2O2S. The zero-order valence-corrected chi connectivity index (χ0v) is 12.6. The van der Waals surface area contributed by atoms with Gasteiger partial charge in [-0.1, -0.05) is 18.2 Å². The van der Waals surface area contributed by atoms with E-state index in [1.165, 1.54) is 17.4 Å². The summed E-state index contributed by atoms with van der Waals surface area (Å²) in [5.41, 5.74) is 0.237. The van der Waals surface area contributed by atoms with Crippen molar-refractivity contribution in [2.75, 3.05) is 6.54 Å². The molecule has 2 N–H and O–H groups in total. The smallest absolute Gasteiger partial charge is 0.280 e. The van der Waals surface area contributed by atoms with E-state index in [4.69, 9.17) is 0 Å². The standard InChI is InChI=1S/C16H12F2N2O2S/c17-9-4-3-5-10(18)14(9)12(21)8-19-15(22)16-20-11-6-1-2-7-13(11)23-16/h1-7,12,21H,8H2,(H,19,22). The summed E-state index contributed by atoms with van der Waals surface area (Å²) >= 11 is 1.21. The number of thiazole rings is 1. The number of aliphatic hydroxyl groups excluding tert-OH is 1. The number of hydrogen-bond donors (Lipinski definition) is 2. The van der Waals surface area contributed by atoms with E-state index in [-0.39, 0.29) is 11.6 Å². The van der Waals surface area contributed by atoms with Crippen LogP contribution in [0.25, 0.3) is 10.2 Å². The van der Waals surface area contributed by atoms with Crippen LogP contribution in [-0.4, -0.2) is 22.5 Å². The number of para-hydroxylation sites is 1. The summed E-state index contributed by atoms with van der Waals surface area (Å²) in [6, 6.07) is 10.6. The molecule has 0 aliphatic rings. The molecule has 23 heavy (non-hydrogen) atoms. The lowest BCUT2D eigenvalue weighted by molar-refractivity contribution is 0.0911. The zero-order chi connectivity index (χ0) is 16.4. The largest absolute Gasteiger partial charge is 0.386 e. The van der Waals surface area contributed by atoms with Gasteiger partial charge in [0, 0.05) is 6.54 Å². The predicted molar refractivity (Wildman–Crippen MR) is 83.3 cm³/mol. The first-order valence-corrected chi connectivity index (χ1v) is 7.63. The number of fused-ring (bicyclic) bond motifs is 1. The number of carbonyl (C=O) groups excluding carboxylic acids is 1. The van der Waals surface area contributed by atoms with Crippen LogP contribution >= 0.6 is 11.3 Å². The van der Waals surface area contributed by atoms with Crippen molar-refractivity contribution in [2.45, 2.75) is 6.10 Å². The molecule has 0 saturated carbocycles. The summed E-state index contributed by atoms with van der Waals surface area (Å²) in [7, 11) is 0. The normalized spacial score (nSPS) is 12.3. The van der Waals surface area contributed by atoms with Crippen LogP contribution < -0.4 is 5.32 Å². The van der Waals surface area contributed by atoms with E-state index < -0.39 is 29.2 Å². The molecule has 0 bridgehead atoms. The van der Waals surface area contributed by atoms with Gasteiger partial charge in [-0.3, -0.25) is 4.79 Å². The van der Waals surface area contributed by atoms with Crippen LogP contribution in [-0.2, 0) is 0 Å². The van der Waals surface area contributed by atoms with Crippen LogP contribution in [0.2, 0.25) is 0 Å². The predicted octanol–water partition coefficient (Wildman–Crippen LogP) is 3.04. The molecule has 7 heteroatoms. The Bertz CT molecular complexity index is 813. The summed E-state index contributed by atoms with van der Waals surface area (Å²) in [4.78, 5) is 16.2. The Hall–Kier alpha value is -2.38. The lowest BCUT2D eigenvalue weighted by atomic mass is 10.1. The number of nitrogens with zero attached hydrogens (tertiary/aromatic N) is 1. The molecule has 1 amide bonds. The Morgan fingerprint density at radius 1 is 1.17 bits per heavy atom. The van der Waals surface area contributed by atoms with E-state index in [1.54, 1.807) is 6.07 Å². The third-order valence-corrected chi connectivity index (χ3v) is 4.31. The second-order valence-electron chi connectivity index (χ2n) is 4.85. The fraction of sp³-hybridized carbons (Fsp3) is 0.125. The highest BCUT2D eigenvalue weighted by atomic mass is 32.1. The number of carbonyl (C=O) groups is 1. The first kappa shape index (κ1) is 15.5. The van der Waals surface area contributed by atoms with E-state index in [0.717, 1.165) is 16.8 Å². The van der Waals surface area contributed by atoms with Gasteiger partial charge in [0.25, 0.3) is 5.91 Å². The highest BCUT2D eigenvalue weighted by molar-refractivity contribution is 7.20. The summed E-state index contributed by atoms with van der Waals surface area (Å²) in [6.45, 7) is -0.313. The topological polar surface area (TPSA) is 62.2 Å². The summed E-state index contributed by atoms with van der Waals surface area (Å²) in [6.07, 6.45) is -1.48. The summed E-state index contributed by atoms with van der Waals surface area (Å²) in [5, 5.41) is 12.6. The Labute approximate surface area is 134 Å². The molecule has 4 nitrogen and oxygen atoms in total. The van der Waals surface area contributed by atoms with Gasteiger partial charge in [-0.2, -0.15) is 0 Å². The van der Waals surface area contributed by atoms with Gasteiger partial charge in [-0.25, -0.2) is 13.8 Å². The number of benzene rings is 2. The molecule has 0 radical (unpaired) electrons. The van der Waals surface area contributed by atoms with E-state index >= 15 is 0 Å². The quantitative estimate of drug-likeness (QED) is 0.771. The van der Waals surface area contributed by atoms with Gasteiger partial charge < -0.3 is 10.4 Å². The number of nitrogens with one attached hydrogen (secondary N) is 1. The molecule has 3 aromatic rings. The van der Waals surface area contributed by atoms with Gasteiger partial charge in [0.05, 0.1) is 15.8 Å². The fourth-order valence-electron chi connectivity index (χ4n) is 2.17. The van der Waals surface area contributed by atoms with Crippen molar-refractivity contribution in [1.82, 2.24) is 10.3 Å². The average molecular weight is 334 g/mol. The van der Waals surface area contributed by atoms with Gasteiger partial charge >= 0.3 is 0 Å². The molecule has 0 fully saturated rings. The monoisotopic (exact) mass is 334 g/mol. The van der Waals surface area contributed by atoms with Gasteiger partial charge in [-0.15, -0.1) is 11.3 Å². The maximum Gasteiger partial charge on any atom is 0.280 e. The third kappa shape index (κ3) is 3.20. The highest BCUT2D eigenvalue weighted by Gasteiger charge is 2.19. The van der Waals surface area contributed by atoms with Crippen molar-refractivity contribution in [1.29, 1.82) is 0 Å². The van der Waals surface area contributed by atoms with E-state index in [0.29, 0.717) is 5.52 Å². The minimum Gasteiger partial charge on any atom is -0.386 e. The molecular weight excluding hydrogens is 322 g/mol. The van der Waals surface area contributed by atoms with Crippen molar-refractivity contribution in [3.05, 3.63) is 64.7 Å². The number of halogens is 2. The summed E-state index contributed by atoms with van der Waals surface area (Å²) < 4.78 is 28.0. The van der Waals surface area contributed by atoms with Crippen LogP contribution in [0.1, 0.15) is 21.5 Å². The number of amides is 1. The lowest BCUT2D eigenvalue weighted by Gasteiger charge is -2.13. The molecule has 1 heterocycles. The Kier molecular flexibility index (Phi) is 4.31. The minimum absolute atomic E-state index is 0.229. The molecule has 0 aliphatic carbocycles. The maximum atomic E-state index is 13.6. The molecule has 2 aromatic carbocycles. The second kappa shape index (κ2) is 6.39. The number of rotatable bonds is 4. The van der Waals surface area contributed by atoms with E-state index in [1.807, 2.05) is 18.2 Å². The Balaban J connectivity index is 1.71. The van der Waals surface area contributed by atoms with Crippen LogP contribution in [0, 0.1) is 11.6 Å². The van der Waals surface area contributed by atoms with E-state index in [2.05, 4.69) is 10.3 Å². The lowest BCUT2D eigenvalue weighted by Crippen LogP contribution is -2.29. The maximum absolute atomic E-state index is 13.6. The second-order valence-corrected chi connectivity index (χ2v) is 5.88. The molecule has 0 spiro atoms. The van der Waals surface area contributed by atoms with Gasteiger partial charge in [-0.05, 0) is 24.3 Å². The van der Waals surface area contributed by atoms with Crippen molar-refractivity contribution in [3.63, 3.8) is 0 Å². The minimum atomic E-state index is -1.48. The molecule has 0 aliphatic heterocycles. The van der Waals surface area contributed by atoms with Gasteiger partial charge in [0.1, 0.15) is 17.7 Å². The summed E-state index contributed by atoms with van der Waals surface area (Å²) in [5.74, 6) is -2.21. The van der Waals surface area contributed by atoms with Crippen molar-refractivity contribution < 1.29 is 18.7 Å². The molecule has 1 unspecified atom stereocenters. The molecule has 1 atom stereocenters. The van der Waals surface area contributed by atoms with Crippen molar-refractivity contribution in [3.8, 4) is 0 Å². The average Bonchev–Trinajstić information content (AvgIpc) is 2.96. The van der Waals surface area contributed by atoms with Crippen LogP contribution in [0.15, 0.2) is 42.5 Å². The van der Waals surface area contributed by atoms with Crippen LogP contribution in [0.5, 0.6) is 0 Å². The Morgan fingerprint density at radius 2 is 1.87 bits per heavy atom. The van der Waals surface area contributed by atoms with E-state index in [9.17, 15) is 18.7 Å². The molecule has 3 rings (SSSR count). The SMILES string of the molecule is O=C(NCC(O)c1c(F)cccc1F)c1nc2ccccc2s1. The number of aromatic nitrogens is 1. The Morgan fingerprint density at radius 3 is 2.57 bits per heavy atom. The molecule has 118 valence electrons. The zero-order valence-electron chi connectivity index (χ0n) is 11.8. The van der Waals surface area contributed by atoms with Crippen LogP contribution in [0.3, 0.4) is 0 Å². The first-order chi connectivity index (χ1) is 11.1. The third-order valence-electron chi connectivity index (χ3n) is 3.28. The van der Waals surface area contributed by atoms with Gasteiger partial charge in [0.15, 0.2) is 5.01 Å². The van der Waals surface area contributed by atoms with Crippen molar-refractivity contribution in [2.24, 2.45) is 0 Å². The van der Waals surface area contributed by atoms with Gasteiger partial charge in [0.2, 0.25) is 0 Å². The highest BCUT2D eigenvalue weighted by Crippen LogP contribution is 2.22. The van der Waals surface area contributed by atoms with Crippen molar-refractivity contribution >= 4 is 27.5 Å². The fourth-order valence-corrected chi connectivity index (χ4v) is 3.05. The number of aliphatic hydroxyl groups is 1. The molecule has 1 aromatic heterocycles. The van der Waals surface area contributed by atoms with Crippen LogP contribution in [0.4, 0.5) is 8.78 Å². The molecule has 0 saturated heterocycles.